The van der Waals surface area contributed by atoms with Crippen LogP contribution < -0.4 is 0 Å². The Hall–Kier alpha value is -1.94. The van der Waals surface area contributed by atoms with Crippen LogP contribution in [0.25, 0.3) is 0 Å². The Morgan fingerprint density at radius 1 is 0.407 bits per heavy atom. The summed E-state index contributed by atoms with van der Waals surface area (Å²) >= 11 is 0. The minimum atomic E-state index is -4.90. The maximum absolute atomic E-state index is 12.6. The van der Waals surface area contributed by atoms with Crippen LogP contribution in [0.4, 0.5) is 0 Å². The third kappa shape index (κ3) is 36.4. The average molecular weight is 891 g/mol. The summed E-state index contributed by atoms with van der Waals surface area (Å²) in [5.74, 6) is -2.26. The molecule has 19 heteroatoms. The van der Waals surface area contributed by atoms with Crippen LogP contribution in [0.15, 0.2) is 0 Å². The van der Waals surface area contributed by atoms with Gasteiger partial charge in [0.15, 0.2) is 12.2 Å². The second-order valence-electron chi connectivity index (χ2n) is 14.7. The zero-order chi connectivity index (χ0) is 44.2. The number of unbranched alkanes of at least 4 members (excludes halogenated alkanes) is 15. The molecule has 2 unspecified atom stereocenters. The van der Waals surface area contributed by atoms with E-state index in [2.05, 4.69) is 6.92 Å². The highest BCUT2D eigenvalue weighted by Gasteiger charge is 2.30. The molecule has 0 spiro atoms. The lowest BCUT2D eigenvalue weighted by molar-refractivity contribution is -0.161. The summed E-state index contributed by atoms with van der Waals surface area (Å²) in [6.07, 6.45) is 14.5. The number of hydrogen-bond acceptors (Lipinski definition) is 15. The number of ether oxygens (including phenoxy) is 4. The molecule has 0 aromatic carbocycles. The Morgan fingerprint density at radius 2 is 0.695 bits per heavy atom. The molecule has 0 radical (unpaired) electrons. The number of carbonyl (C=O) groups is 4. The first-order valence-corrected chi connectivity index (χ1v) is 24.8. The molecule has 5 atom stereocenters. The van der Waals surface area contributed by atoms with Crippen molar-refractivity contribution in [2.75, 3.05) is 39.6 Å². The second kappa shape index (κ2) is 36.7. The van der Waals surface area contributed by atoms with Crippen LogP contribution in [-0.4, -0.2) is 96.7 Å². The molecule has 0 saturated carbocycles. The van der Waals surface area contributed by atoms with E-state index in [9.17, 15) is 43.2 Å². The van der Waals surface area contributed by atoms with E-state index in [4.69, 9.17) is 37.0 Å². The van der Waals surface area contributed by atoms with E-state index in [0.29, 0.717) is 25.7 Å². The number of hydrogen-bond donors (Lipinski definition) is 3. The van der Waals surface area contributed by atoms with E-state index >= 15 is 0 Å². The third-order valence-electron chi connectivity index (χ3n) is 8.85. The Labute approximate surface area is 352 Å². The van der Waals surface area contributed by atoms with Gasteiger partial charge in [-0.25, -0.2) is 9.13 Å². The first-order chi connectivity index (χ1) is 28.2. The summed E-state index contributed by atoms with van der Waals surface area (Å²) in [7, 11) is -9.78. The van der Waals surface area contributed by atoms with Crippen LogP contribution in [0.5, 0.6) is 0 Å². The van der Waals surface area contributed by atoms with E-state index in [-0.39, 0.29) is 25.7 Å². The smallest absolute Gasteiger partial charge is 0.462 e. The first kappa shape index (κ1) is 57.1. The zero-order valence-corrected chi connectivity index (χ0v) is 38.0. The van der Waals surface area contributed by atoms with Gasteiger partial charge in [0.25, 0.3) is 0 Å². The molecule has 59 heavy (non-hydrogen) atoms. The number of aliphatic hydroxyl groups excluding tert-OH is 1. The van der Waals surface area contributed by atoms with Gasteiger partial charge in [-0.05, 0) is 25.7 Å². The maximum atomic E-state index is 12.6. The Balaban J connectivity index is 4.91. The molecule has 17 nitrogen and oxygen atoms in total. The van der Waals surface area contributed by atoms with Gasteiger partial charge < -0.3 is 33.8 Å². The van der Waals surface area contributed by atoms with E-state index in [1.54, 1.807) is 0 Å². The highest BCUT2D eigenvalue weighted by atomic mass is 31.2. The Bertz CT molecular complexity index is 1200. The van der Waals surface area contributed by atoms with Crippen LogP contribution in [0, 0.1) is 0 Å². The number of phosphoric acid groups is 2. The summed E-state index contributed by atoms with van der Waals surface area (Å²) in [5, 5.41) is 10.2. The van der Waals surface area contributed by atoms with Gasteiger partial charge in [0.2, 0.25) is 0 Å². The van der Waals surface area contributed by atoms with Crippen LogP contribution in [0.3, 0.4) is 0 Å². The Morgan fingerprint density at radius 3 is 1.08 bits per heavy atom. The van der Waals surface area contributed by atoms with Crippen molar-refractivity contribution in [1.82, 2.24) is 0 Å². The number of rotatable bonds is 41. The summed E-state index contributed by atoms with van der Waals surface area (Å²) in [6.45, 7) is 4.04. The molecule has 348 valence electrons. The van der Waals surface area contributed by atoms with Crippen molar-refractivity contribution in [3.63, 3.8) is 0 Å². The van der Waals surface area contributed by atoms with Crippen LogP contribution in [-0.2, 0) is 65.4 Å². The van der Waals surface area contributed by atoms with Gasteiger partial charge in [0.1, 0.15) is 19.3 Å². The summed E-state index contributed by atoms with van der Waals surface area (Å²) in [6, 6.07) is 0. The van der Waals surface area contributed by atoms with E-state index < -0.39 is 97.5 Å². The van der Waals surface area contributed by atoms with Gasteiger partial charge in [-0.3, -0.25) is 37.3 Å². The highest BCUT2D eigenvalue weighted by molar-refractivity contribution is 7.47. The molecule has 3 N–H and O–H groups in total. The minimum Gasteiger partial charge on any atom is -0.462 e. The van der Waals surface area contributed by atoms with Crippen molar-refractivity contribution in [2.24, 2.45) is 0 Å². The predicted octanol–water partition coefficient (Wildman–Crippen LogP) is 8.58. The van der Waals surface area contributed by atoms with Gasteiger partial charge in [-0.15, -0.1) is 0 Å². The molecule has 0 aliphatic carbocycles. The van der Waals surface area contributed by atoms with Crippen molar-refractivity contribution >= 4 is 39.5 Å². The molecule has 0 fully saturated rings. The van der Waals surface area contributed by atoms with Gasteiger partial charge in [-0.2, -0.15) is 0 Å². The maximum Gasteiger partial charge on any atom is 0.472 e. The average Bonchev–Trinajstić information content (AvgIpc) is 3.19. The monoisotopic (exact) mass is 890 g/mol. The fraction of sp³-hybridized carbons (Fsp3) is 0.900. The molecule has 0 amide bonds. The number of aliphatic hydroxyl groups is 1. The first-order valence-electron chi connectivity index (χ1n) is 21.8. The summed E-state index contributed by atoms with van der Waals surface area (Å²) in [4.78, 5) is 69.4. The van der Waals surface area contributed by atoms with Crippen molar-refractivity contribution in [2.45, 2.75) is 194 Å². The van der Waals surface area contributed by atoms with E-state index in [1.165, 1.54) is 44.9 Å². The molecule has 0 aliphatic rings. The number of carbonyl (C=O) groups excluding carboxylic acids is 4. The normalized spacial score (nSPS) is 15.0. The lowest BCUT2D eigenvalue weighted by Crippen LogP contribution is -2.30. The second-order valence-corrected chi connectivity index (χ2v) is 17.6. The highest BCUT2D eigenvalue weighted by Crippen LogP contribution is 2.45. The van der Waals surface area contributed by atoms with Gasteiger partial charge in [0, 0.05) is 25.7 Å². The minimum absolute atomic E-state index is 0.0871. The largest absolute Gasteiger partial charge is 0.472 e. The topological polar surface area (TPSA) is 237 Å². The van der Waals surface area contributed by atoms with Crippen molar-refractivity contribution < 1.29 is 80.2 Å². The molecule has 0 aliphatic heterocycles. The molecule has 0 rings (SSSR count). The standard InChI is InChI=1S/C40H76O17P2/c1-5-9-13-14-15-16-17-18-19-20-23-25-38(43)51-31-36(57-40(45)27-22-11-7-3)33-55-59(48,49)53-29-34(41)28-52-58(46,47)54-32-35(30-50-37(42)24-12-8-4)56-39(44)26-21-10-6-2/h34-36,41H,5-33H2,1-4H3,(H,46,47)(H,48,49)/t34-,35-,36-/m1/s1. The molecular weight excluding hydrogens is 814 g/mol. The van der Waals surface area contributed by atoms with Crippen LogP contribution in [0.1, 0.15) is 175 Å². The summed E-state index contributed by atoms with van der Waals surface area (Å²) in [5.41, 5.74) is 0. The number of phosphoric ester groups is 2. The van der Waals surface area contributed by atoms with Crippen molar-refractivity contribution in [1.29, 1.82) is 0 Å². The molecule has 0 aromatic rings. The number of esters is 4. The molecule has 0 aromatic heterocycles. The van der Waals surface area contributed by atoms with Gasteiger partial charge in [-0.1, -0.05) is 124 Å². The fourth-order valence-corrected chi connectivity index (χ4v) is 6.95. The van der Waals surface area contributed by atoms with Gasteiger partial charge in [0.05, 0.1) is 26.4 Å². The SMILES string of the molecule is CCCCCCCCCCCCCC(=O)OC[C@H](COP(=O)(O)OC[C@H](O)COP(=O)(O)OC[C@@H](COC(=O)CCCC)OC(=O)CCCCC)OC(=O)CCCCC. The predicted molar refractivity (Wildman–Crippen MR) is 220 cm³/mol. The molecule has 0 heterocycles. The van der Waals surface area contributed by atoms with Crippen LogP contribution >= 0.6 is 15.6 Å². The summed E-state index contributed by atoms with van der Waals surface area (Å²) < 4.78 is 65.6. The van der Waals surface area contributed by atoms with E-state index in [1.807, 2.05) is 20.8 Å². The molecular formula is C40H76O17P2. The van der Waals surface area contributed by atoms with Crippen molar-refractivity contribution in [3.8, 4) is 0 Å². The third-order valence-corrected chi connectivity index (χ3v) is 10.8. The van der Waals surface area contributed by atoms with Crippen molar-refractivity contribution in [3.05, 3.63) is 0 Å². The molecule has 0 bridgehead atoms. The fourth-order valence-electron chi connectivity index (χ4n) is 5.37. The Kier molecular flexibility index (Phi) is 35.5. The lowest BCUT2D eigenvalue weighted by Gasteiger charge is -2.21. The molecule has 0 saturated heterocycles. The van der Waals surface area contributed by atoms with Crippen LogP contribution in [0.2, 0.25) is 0 Å². The quantitative estimate of drug-likeness (QED) is 0.0225. The lowest BCUT2D eigenvalue weighted by atomic mass is 10.1. The zero-order valence-electron chi connectivity index (χ0n) is 36.2. The van der Waals surface area contributed by atoms with Gasteiger partial charge >= 0.3 is 39.5 Å². The van der Waals surface area contributed by atoms with E-state index in [0.717, 1.165) is 51.4 Å².